The van der Waals surface area contributed by atoms with Crippen LogP contribution < -0.4 is 10.6 Å². The fraction of sp³-hybridized carbons (Fsp3) is 0.600. The highest BCUT2D eigenvalue weighted by Crippen LogP contribution is 2.45. The van der Waals surface area contributed by atoms with Gasteiger partial charge in [0, 0.05) is 23.5 Å². The maximum atomic E-state index is 14.2. The van der Waals surface area contributed by atoms with Crippen molar-refractivity contribution in [3.05, 3.63) is 35.5 Å². The van der Waals surface area contributed by atoms with Gasteiger partial charge in [0.1, 0.15) is 12.1 Å². The van der Waals surface area contributed by atoms with Crippen molar-refractivity contribution in [2.24, 2.45) is 11.8 Å². The summed E-state index contributed by atoms with van der Waals surface area (Å²) >= 11 is 0. The summed E-state index contributed by atoms with van der Waals surface area (Å²) in [4.78, 5) is 61.3. The molecule has 4 unspecified atom stereocenters. The molecule has 0 spiro atoms. The molecule has 5 rings (SSSR count). The van der Waals surface area contributed by atoms with E-state index in [1.807, 2.05) is 52.0 Å². The number of aromatic amines is 1. The minimum Gasteiger partial charge on any atom is -0.356 e. The van der Waals surface area contributed by atoms with Gasteiger partial charge in [0.15, 0.2) is 5.54 Å². The van der Waals surface area contributed by atoms with Crippen molar-refractivity contribution in [2.45, 2.75) is 96.8 Å². The summed E-state index contributed by atoms with van der Waals surface area (Å²) < 4.78 is 0. The van der Waals surface area contributed by atoms with Crippen molar-refractivity contribution in [2.75, 3.05) is 6.54 Å². The van der Waals surface area contributed by atoms with Gasteiger partial charge in [-0.25, -0.2) is 9.69 Å². The van der Waals surface area contributed by atoms with Crippen molar-refractivity contribution >= 4 is 34.7 Å². The molecule has 1 aliphatic carbocycles. The zero-order valence-electron chi connectivity index (χ0n) is 23.7. The minimum absolute atomic E-state index is 0.106. The van der Waals surface area contributed by atoms with Crippen molar-refractivity contribution in [3.63, 3.8) is 0 Å². The maximum Gasteiger partial charge on any atom is 0.328 e. The SMILES string of the molecule is CCC(C)C(NC(=O)C(C(C)C)N1C(=O)N2CCc3c([nH]c4ccccc34)C2(C)C1=O)C(=O)NC1CCCC1. The molecule has 1 aromatic carbocycles. The summed E-state index contributed by atoms with van der Waals surface area (Å²) in [5, 5.41) is 7.11. The number of hydrogen-bond acceptors (Lipinski definition) is 4. The molecule has 9 nitrogen and oxygen atoms in total. The van der Waals surface area contributed by atoms with E-state index < -0.39 is 35.5 Å². The van der Waals surface area contributed by atoms with Crippen LogP contribution in [0.4, 0.5) is 4.79 Å². The smallest absolute Gasteiger partial charge is 0.328 e. The van der Waals surface area contributed by atoms with Crippen LogP contribution in [-0.4, -0.2) is 63.2 Å². The zero-order chi connectivity index (χ0) is 28.1. The van der Waals surface area contributed by atoms with Crippen molar-refractivity contribution in [1.82, 2.24) is 25.4 Å². The van der Waals surface area contributed by atoms with Crippen LogP contribution >= 0.6 is 0 Å². The third kappa shape index (κ3) is 4.39. The number of carbonyl (C=O) groups excluding carboxylic acids is 4. The average molecular weight is 536 g/mol. The molecule has 39 heavy (non-hydrogen) atoms. The molecule has 2 aromatic rings. The Balaban J connectivity index is 1.44. The van der Waals surface area contributed by atoms with Gasteiger partial charge in [0.05, 0.1) is 5.69 Å². The van der Waals surface area contributed by atoms with E-state index in [-0.39, 0.29) is 23.8 Å². The van der Waals surface area contributed by atoms with Crippen molar-refractivity contribution in [1.29, 1.82) is 0 Å². The number of nitrogens with one attached hydrogen (secondary N) is 3. The van der Waals surface area contributed by atoms with E-state index in [0.29, 0.717) is 25.1 Å². The summed E-state index contributed by atoms with van der Waals surface area (Å²) in [7, 11) is 0. The minimum atomic E-state index is -1.23. The van der Waals surface area contributed by atoms with Crippen molar-refractivity contribution < 1.29 is 19.2 Å². The monoisotopic (exact) mass is 535 g/mol. The first-order valence-electron chi connectivity index (χ1n) is 14.5. The molecule has 4 atom stereocenters. The first kappa shape index (κ1) is 27.2. The number of carbonyl (C=O) groups is 4. The normalized spacial score (nSPS) is 23.6. The molecule has 1 saturated heterocycles. The van der Waals surface area contributed by atoms with Crippen molar-refractivity contribution in [3.8, 4) is 0 Å². The molecular weight excluding hydrogens is 494 g/mol. The number of urea groups is 1. The molecule has 2 aliphatic heterocycles. The Morgan fingerprint density at radius 1 is 1.10 bits per heavy atom. The van der Waals surface area contributed by atoms with Gasteiger partial charge < -0.3 is 20.5 Å². The third-order valence-corrected chi connectivity index (χ3v) is 9.17. The van der Waals surface area contributed by atoms with E-state index in [1.54, 1.807) is 11.8 Å². The number of para-hydroxylation sites is 1. The summed E-state index contributed by atoms with van der Waals surface area (Å²) in [5.74, 6) is -1.53. The third-order valence-electron chi connectivity index (χ3n) is 9.17. The quantitative estimate of drug-likeness (QED) is 0.446. The van der Waals surface area contributed by atoms with E-state index in [2.05, 4.69) is 15.6 Å². The number of nitrogens with zero attached hydrogens (tertiary/aromatic N) is 2. The van der Waals surface area contributed by atoms with Gasteiger partial charge in [-0.2, -0.15) is 0 Å². The number of imide groups is 1. The summed E-state index contributed by atoms with van der Waals surface area (Å²) in [6.07, 6.45) is 5.40. The molecule has 0 radical (unpaired) electrons. The summed E-state index contributed by atoms with van der Waals surface area (Å²) in [6.45, 7) is 9.74. The second-order valence-electron chi connectivity index (χ2n) is 12.0. The molecule has 210 valence electrons. The molecule has 5 amide bonds. The molecule has 1 aromatic heterocycles. The van der Waals surface area contributed by atoms with Gasteiger partial charge in [-0.3, -0.25) is 14.4 Å². The fourth-order valence-corrected chi connectivity index (χ4v) is 6.68. The highest BCUT2D eigenvalue weighted by atomic mass is 16.2. The zero-order valence-corrected chi connectivity index (χ0v) is 23.7. The van der Waals surface area contributed by atoms with Gasteiger partial charge in [-0.1, -0.05) is 65.2 Å². The van der Waals surface area contributed by atoms with Gasteiger partial charge in [-0.15, -0.1) is 0 Å². The predicted octanol–water partition coefficient (Wildman–Crippen LogP) is 3.82. The van der Waals surface area contributed by atoms with E-state index in [1.165, 1.54) is 0 Å². The Labute approximate surface area is 230 Å². The Morgan fingerprint density at radius 3 is 2.46 bits per heavy atom. The molecule has 3 aliphatic rings. The number of benzene rings is 1. The first-order valence-corrected chi connectivity index (χ1v) is 14.5. The van der Waals surface area contributed by atoms with Crippen LogP contribution in [0.1, 0.15) is 78.0 Å². The van der Waals surface area contributed by atoms with Gasteiger partial charge >= 0.3 is 6.03 Å². The van der Waals surface area contributed by atoms with Gasteiger partial charge in [0.25, 0.3) is 5.91 Å². The largest absolute Gasteiger partial charge is 0.356 e. The van der Waals surface area contributed by atoms with E-state index in [9.17, 15) is 19.2 Å². The average Bonchev–Trinajstić information content (AvgIpc) is 3.60. The number of rotatable bonds is 8. The van der Waals surface area contributed by atoms with Crippen LogP contribution in [0, 0.1) is 11.8 Å². The van der Waals surface area contributed by atoms with Crippen LogP contribution in [-0.2, 0) is 26.3 Å². The lowest BCUT2D eigenvalue weighted by atomic mass is 9.86. The fourth-order valence-electron chi connectivity index (χ4n) is 6.68. The topological polar surface area (TPSA) is 115 Å². The molecule has 3 heterocycles. The van der Waals surface area contributed by atoms with Crippen LogP contribution in [0.2, 0.25) is 0 Å². The maximum absolute atomic E-state index is 14.2. The van der Waals surface area contributed by atoms with E-state index in [0.717, 1.165) is 47.0 Å². The summed E-state index contributed by atoms with van der Waals surface area (Å²) in [5.41, 5.74) is 1.45. The lowest BCUT2D eigenvalue weighted by Gasteiger charge is -2.36. The number of fused-ring (bicyclic) bond motifs is 5. The lowest BCUT2D eigenvalue weighted by Crippen LogP contribution is -2.59. The number of aromatic nitrogens is 1. The highest BCUT2D eigenvalue weighted by Gasteiger charge is 2.61. The molecule has 3 N–H and O–H groups in total. The molecular formula is C30H41N5O4. The molecule has 9 heteroatoms. The van der Waals surface area contributed by atoms with Crippen LogP contribution in [0.3, 0.4) is 0 Å². The summed E-state index contributed by atoms with van der Waals surface area (Å²) in [6, 6.07) is 5.79. The standard InChI is InChI=1S/C30H41N5O4/c1-6-18(4)23(26(36)31-19-11-7-8-12-19)33-27(37)24(17(2)3)35-28(38)30(5)25-21(15-16-34(30)29(35)39)20-13-9-10-14-22(20)32-25/h9-10,13-14,17-19,23-24,32H,6-8,11-12,15-16H2,1-5H3,(H,31,36)(H,33,37). The first-order chi connectivity index (χ1) is 18.6. The molecule has 0 bridgehead atoms. The number of hydrogen-bond donors (Lipinski definition) is 3. The predicted molar refractivity (Wildman–Crippen MR) is 149 cm³/mol. The lowest BCUT2D eigenvalue weighted by molar-refractivity contribution is -0.142. The Morgan fingerprint density at radius 2 is 1.79 bits per heavy atom. The molecule has 2 fully saturated rings. The van der Waals surface area contributed by atoms with Crippen LogP contribution in [0.15, 0.2) is 24.3 Å². The van der Waals surface area contributed by atoms with Crippen LogP contribution in [0.25, 0.3) is 10.9 Å². The van der Waals surface area contributed by atoms with Crippen LogP contribution in [0.5, 0.6) is 0 Å². The van der Waals surface area contributed by atoms with Gasteiger partial charge in [0.2, 0.25) is 11.8 Å². The second-order valence-corrected chi connectivity index (χ2v) is 12.0. The molecule has 1 saturated carbocycles. The van der Waals surface area contributed by atoms with Gasteiger partial charge in [-0.05, 0) is 49.7 Å². The number of H-pyrrole nitrogens is 1. The number of amides is 5. The Bertz CT molecular complexity index is 1300. The van der Waals surface area contributed by atoms with E-state index >= 15 is 0 Å². The second kappa shape index (κ2) is 10.3. The Hall–Kier alpha value is -3.36. The Kier molecular flexibility index (Phi) is 7.20. The van der Waals surface area contributed by atoms with E-state index in [4.69, 9.17) is 0 Å². The highest BCUT2D eigenvalue weighted by molar-refractivity contribution is 6.11.